The van der Waals surface area contributed by atoms with Crippen LogP contribution in [0.25, 0.3) is 0 Å². The number of hydrogen-bond acceptors (Lipinski definition) is 4. The molecule has 0 fully saturated rings. The van der Waals surface area contributed by atoms with Crippen molar-refractivity contribution in [2.24, 2.45) is 0 Å². The molecule has 10 heteroatoms. The number of anilines is 3. The monoisotopic (exact) mass is 533 g/mol. The summed E-state index contributed by atoms with van der Waals surface area (Å²) in [5.74, 6) is -1.76. The third-order valence-corrected chi connectivity index (χ3v) is 6.44. The van der Waals surface area contributed by atoms with Crippen LogP contribution in [0.4, 0.5) is 17.1 Å². The van der Waals surface area contributed by atoms with Gasteiger partial charge in [0.2, 0.25) is 0 Å². The van der Waals surface area contributed by atoms with Crippen LogP contribution in [0.1, 0.15) is 15.9 Å². The third-order valence-electron chi connectivity index (χ3n) is 5.03. The highest BCUT2D eigenvalue weighted by Gasteiger charge is 2.39. The number of halogens is 4. The summed E-state index contributed by atoms with van der Waals surface area (Å²) >= 11 is 24.4. The molecule has 3 amide bonds. The van der Waals surface area contributed by atoms with Gasteiger partial charge in [0.1, 0.15) is 10.7 Å². The van der Waals surface area contributed by atoms with Crippen LogP contribution in [0, 0.1) is 6.92 Å². The molecule has 0 aromatic heterocycles. The van der Waals surface area contributed by atoms with Gasteiger partial charge in [-0.25, -0.2) is 4.90 Å². The van der Waals surface area contributed by atoms with Crippen molar-refractivity contribution in [1.82, 2.24) is 0 Å². The molecule has 1 heterocycles. The molecule has 1 aliphatic heterocycles. The smallest absolute Gasteiger partial charge is 0.283 e. The molecular formula is C24H15Cl4N3O3. The second kappa shape index (κ2) is 9.68. The Balaban J connectivity index is 1.57. The standard InChI is InChI=1S/C24H15Cl4N3O3/c1-12-8-9-14(25)11-18(12)31-23(33)20(28)21(24(31)34)29-15-5-2-4-13(10-15)22(32)30-17-7-3-6-16(26)19(17)27/h2-11,29H,1H3,(H,30,32). The minimum atomic E-state index is -0.677. The Morgan fingerprint density at radius 3 is 2.38 bits per heavy atom. The van der Waals surface area contributed by atoms with E-state index in [9.17, 15) is 14.4 Å². The molecule has 6 nitrogen and oxygen atoms in total. The number of amides is 3. The third kappa shape index (κ3) is 4.63. The van der Waals surface area contributed by atoms with Gasteiger partial charge in [-0.05, 0) is 55.0 Å². The number of hydrogen-bond donors (Lipinski definition) is 2. The molecule has 1 aliphatic rings. The topological polar surface area (TPSA) is 78.5 Å². The van der Waals surface area contributed by atoms with Crippen LogP contribution >= 0.6 is 46.4 Å². The van der Waals surface area contributed by atoms with E-state index in [1.807, 2.05) is 0 Å². The number of nitrogens with zero attached hydrogens (tertiary/aromatic N) is 1. The van der Waals surface area contributed by atoms with Crippen LogP contribution in [0.3, 0.4) is 0 Å². The van der Waals surface area contributed by atoms with Crippen LogP contribution in [-0.4, -0.2) is 17.7 Å². The highest BCUT2D eigenvalue weighted by Crippen LogP contribution is 2.34. The number of carbonyl (C=O) groups excluding carboxylic acids is 3. The fraction of sp³-hybridized carbons (Fsp3) is 0.0417. The SMILES string of the molecule is Cc1ccc(Cl)cc1N1C(=O)C(Cl)=C(Nc2cccc(C(=O)Nc3cccc(Cl)c3Cl)c2)C1=O. The Morgan fingerprint density at radius 2 is 1.62 bits per heavy atom. The zero-order valence-electron chi connectivity index (χ0n) is 17.5. The first-order chi connectivity index (χ1) is 16.2. The molecule has 3 aromatic carbocycles. The van der Waals surface area contributed by atoms with E-state index in [4.69, 9.17) is 46.4 Å². The molecule has 0 saturated heterocycles. The van der Waals surface area contributed by atoms with Gasteiger partial charge >= 0.3 is 0 Å². The fourth-order valence-electron chi connectivity index (χ4n) is 3.33. The first-order valence-electron chi connectivity index (χ1n) is 9.84. The Bertz CT molecular complexity index is 1390. The number of aryl methyl sites for hydroxylation is 1. The van der Waals surface area contributed by atoms with Crippen molar-refractivity contribution < 1.29 is 14.4 Å². The van der Waals surface area contributed by atoms with Gasteiger partial charge in [-0.3, -0.25) is 14.4 Å². The first kappa shape index (κ1) is 24.1. The highest BCUT2D eigenvalue weighted by molar-refractivity contribution is 6.53. The van der Waals surface area contributed by atoms with Crippen molar-refractivity contribution in [3.63, 3.8) is 0 Å². The zero-order valence-corrected chi connectivity index (χ0v) is 20.5. The second-order valence-corrected chi connectivity index (χ2v) is 8.93. The van der Waals surface area contributed by atoms with E-state index in [1.54, 1.807) is 55.5 Å². The minimum absolute atomic E-state index is 0.110. The van der Waals surface area contributed by atoms with E-state index < -0.39 is 17.7 Å². The van der Waals surface area contributed by atoms with E-state index in [1.165, 1.54) is 12.1 Å². The fourth-order valence-corrected chi connectivity index (χ4v) is 4.06. The lowest BCUT2D eigenvalue weighted by Crippen LogP contribution is -2.32. The first-order valence-corrected chi connectivity index (χ1v) is 11.4. The Kier molecular flexibility index (Phi) is 6.86. The van der Waals surface area contributed by atoms with Gasteiger partial charge in [0.05, 0.1) is 21.4 Å². The van der Waals surface area contributed by atoms with Crippen LogP contribution in [0.15, 0.2) is 71.4 Å². The molecule has 0 atom stereocenters. The maximum Gasteiger partial charge on any atom is 0.283 e. The number of nitrogens with one attached hydrogen (secondary N) is 2. The Morgan fingerprint density at radius 1 is 0.882 bits per heavy atom. The van der Waals surface area contributed by atoms with Crippen molar-refractivity contribution in [2.75, 3.05) is 15.5 Å². The average Bonchev–Trinajstić information content (AvgIpc) is 3.02. The van der Waals surface area contributed by atoms with Crippen molar-refractivity contribution in [3.05, 3.63) is 97.6 Å². The molecule has 0 radical (unpaired) electrons. The number of benzene rings is 3. The van der Waals surface area contributed by atoms with Gasteiger partial charge in [-0.15, -0.1) is 0 Å². The molecule has 172 valence electrons. The van der Waals surface area contributed by atoms with E-state index in [0.29, 0.717) is 32.7 Å². The molecule has 3 aromatic rings. The van der Waals surface area contributed by atoms with Crippen LogP contribution in [-0.2, 0) is 9.59 Å². The van der Waals surface area contributed by atoms with Crippen LogP contribution < -0.4 is 15.5 Å². The lowest BCUT2D eigenvalue weighted by Gasteiger charge is -2.18. The van der Waals surface area contributed by atoms with Crippen molar-refractivity contribution in [2.45, 2.75) is 6.92 Å². The molecule has 34 heavy (non-hydrogen) atoms. The predicted molar refractivity (Wildman–Crippen MR) is 136 cm³/mol. The number of carbonyl (C=O) groups is 3. The van der Waals surface area contributed by atoms with Gasteiger partial charge in [-0.2, -0.15) is 0 Å². The lowest BCUT2D eigenvalue weighted by atomic mass is 10.1. The lowest BCUT2D eigenvalue weighted by molar-refractivity contribution is -0.120. The molecular weight excluding hydrogens is 520 g/mol. The highest BCUT2D eigenvalue weighted by atomic mass is 35.5. The summed E-state index contributed by atoms with van der Waals surface area (Å²) in [4.78, 5) is 39.5. The van der Waals surface area contributed by atoms with Gasteiger partial charge in [0.25, 0.3) is 17.7 Å². The Hall–Kier alpha value is -3.03. The van der Waals surface area contributed by atoms with E-state index in [0.717, 1.165) is 4.90 Å². The molecule has 2 N–H and O–H groups in total. The maximum absolute atomic E-state index is 13.1. The summed E-state index contributed by atoms with van der Waals surface area (Å²) in [6, 6.07) is 16.1. The molecule has 0 aliphatic carbocycles. The van der Waals surface area contributed by atoms with Gasteiger partial charge in [-0.1, -0.05) is 64.6 Å². The maximum atomic E-state index is 13.1. The van der Waals surface area contributed by atoms with E-state index >= 15 is 0 Å². The van der Waals surface area contributed by atoms with Gasteiger partial charge < -0.3 is 10.6 Å². The van der Waals surface area contributed by atoms with E-state index in [2.05, 4.69) is 10.6 Å². The Labute approximate surface area is 215 Å². The molecule has 0 bridgehead atoms. The summed E-state index contributed by atoms with van der Waals surface area (Å²) in [6.07, 6.45) is 0. The molecule has 0 saturated carbocycles. The van der Waals surface area contributed by atoms with Crippen molar-refractivity contribution >= 4 is 81.2 Å². The van der Waals surface area contributed by atoms with Gasteiger partial charge in [0, 0.05) is 16.3 Å². The van der Waals surface area contributed by atoms with E-state index in [-0.39, 0.29) is 21.3 Å². The normalized spacial score (nSPS) is 13.5. The molecule has 0 spiro atoms. The minimum Gasteiger partial charge on any atom is -0.350 e. The van der Waals surface area contributed by atoms with Crippen molar-refractivity contribution in [3.8, 4) is 0 Å². The number of rotatable bonds is 5. The van der Waals surface area contributed by atoms with Gasteiger partial charge in [0.15, 0.2) is 0 Å². The van der Waals surface area contributed by atoms with Crippen LogP contribution in [0.5, 0.6) is 0 Å². The summed E-state index contributed by atoms with van der Waals surface area (Å²) in [5.41, 5.74) is 1.91. The zero-order chi connectivity index (χ0) is 24.6. The van der Waals surface area contributed by atoms with Crippen LogP contribution in [0.2, 0.25) is 15.1 Å². The quantitative estimate of drug-likeness (QED) is 0.359. The largest absolute Gasteiger partial charge is 0.350 e. The second-order valence-electron chi connectivity index (χ2n) is 7.33. The van der Waals surface area contributed by atoms with Crippen molar-refractivity contribution in [1.29, 1.82) is 0 Å². The number of imide groups is 1. The summed E-state index contributed by atoms with van der Waals surface area (Å²) in [6.45, 7) is 1.75. The molecule has 0 unspecified atom stereocenters. The average molecular weight is 535 g/mol. The predicted octanol–water partition coefficient (Wildman–Crippen LogP) is 6.64. The molecule has 4 rings (SSSR count). The summed E-state index contributed by atoms with van der Waals surface area (Å²) in [5, 5.41) is 6.17. The summed E-state index contributed by atoms with van der Waals surface area (Å²) < 4.78 is 0. The summed E-state index contributed by atoms with van der Waals surface area (Å²) in [7, 11) is 0.